The lowest BCUT2D eigenvalue weighted by molar-refractivity contribution is 0.330. The Kier molecular flexibility index (Phi) is 2.64. The molecule has 0 amide bonds. The second-order valence-corrected chi connectivity index (χ2v) is 7.14. The van der Waals surface area contributed by atoms with E-state index in [9.17, 15) is 0 Å². The van der Waals surface area contributed by atoms with Crippen molar-refractivity contribution in [3.63, 3.8) is 0 Å². The first-order valence-corrected chi connectivity index (χ1v) is 6.67. The molecule has 2 saturated heterocycles. The van der Waals surface area contributed by atoms with Gasteiger partial charge in [0.25, 0.3) is 0 Å². The van der Waals surface area contributed by atoms with Gasteiger partial charge in [0.15, 0.2) is 0 Å². The van der Waals surface area contributed by atoms with Crippen molar-refractivity contribution in [2.24, 2.45) is 0 Å². The second kappa shape index (κ2) is 3.43. The predicted octanol–water partition coefficient (Wildman–Crippen LogP) is 2.28. The van der Waals surface area contributed by atoms with Crippen molar-refractivity contribution in [3.05, 3.63) is 0 Å². The number of rotatable bonds is 0. The fourth-order valence-electron chi connectivity index (χ4n) is 2.03. The van der Waals surface area contributed by atoms with Gasteiger partial charge in [-0.3, -0.25) is 0 Å². The van der Waals surface area contributed by atoms with Gasteiger partial charge in [-0.1, -0.05) is 0 Å². The Morgan fingerprint density at radius 1 is 1.33 bits per heavy atom. The molecule has 2 rings (SSSR count). The summed E-state index contributed by atoms with van der Waals surface area (Å²) < 4.78 is 0.576. The molecule has 1 spiro atoms. The largest absolute Gasteiger partial charge is 0.301 e. The Balaban J connectivity index is 2.02. The minimum absolute atomic E-state index is 0.576. The highest BCUT2D eigenvalue weighted by Crippen LogP contribution is 2.49. The zero-order chi connectivity index (χ0) is 8.60. The normalized spacial score (nSPS) is 36.0. The van der Waals surface area contributed by atoms with Crippen molar-refractivity contribution >= 4 is 23.5 Å². The second-order valence-electron chi connectivity index (χ2n) is 3.93. The number of thioether (sulfide) groups is 2. The maximum Gasteiger partial charge on any atom is 0.0752 e. The van der Waals surface area contributed by atoms with E-state index >= 15 is 0 Å². The van der Waals surface area contributed by atoms with Crippen LogP contribution >= 0.6 is 23.5 Å². The highest BCUT2D eigenvalue weighted by atomic mass is 32.2. The molecule has 2 aliphatic heterocycles. The fraction of sp³-hybridized carbons (Fsp3) is 1.00. The van der Waals surface area contributed by atoms with Gasteiger partial charge in [-0.15, -0.1) is 23.5 Å². The molecule has 3 heteroatoms. The van der Waals surface area contributed by atoms with Crippen molar-refractivity contribution in [2.75, 3.05) is 25.1 Å². The maximum atomic E-state index is 2.51. The summed E-state index contributed by atoms with van der Waals surface area (Å²) in [7, 11) is 2.26. The minimum atomic E-state index is 0.576. The van der Waals surface area contributed by atoms with Crippen LogP contribution in [0.4, 0.5) is 0 Å². The molecule has 1 nitrogen and oxygen atoms in total. The molecular weight excluding hydrogens is 186 g/mol. The molecule has 0 aromatic rings. The molecule has 0 aromatic heterocycles. The molecule has 1 unspecified atom stereocenters. The molecule has 1 atom stereocenters. The molecular formula is C9H17NS2. The summed E-state index contributed by atoms with van der Waals surface area (Å²) in [4.78, 5) is 2.51. The summed E-state index contributed by atoms with van der Waals surface area (Å²) in [5.41, 5.74) is 0. The van der Waals surface area contributed by atoms with Gasteiger partial charge in [0, 0.05) is 12.6 Å². The summed E-state index contributed by atoms with van der Waals surface area (Å²) >= 11 is 4.40. The van der Waals surface area contributed by atoms with Gasteiger partial charge in [-0.25, -0.2) is 0 Å². The van der Waals surface area contributed by atoms with Crippen molar-refractivity contribution in [3.8, 4) is 0 Å². The molecule has 12 heavy (non-hydrogen) atoms. The molecule has 0 aromatic carbocycles. The molecule has 70 valence electrons. The Labute approximate surface area is 83.7 Å². The third-order valence-corrected chi connectivity index (χ3v) is 6.20. The molecule has 2 heterocycles. The van der Waals surface area contributed by atoms with E-state index < -0.39 is 0 Å². The van der Waals surface area contributed by atoms with Crippen LogP contribution in [0.25, 0.3) is 0 Å². The number of nitrogens with zero attached hydrogens (tertiary/aromatic N) is 1. The number of hydrogen-bond donors (Lipinski definition) is 0. The average molecular weight is 203 g/mol. The quantitative estimate of drug-likeness (QED) is 0.594. The van der Waals surface area contributed by atoms with Crippen molar-refractivity contribution in [1.82, 2.24) is 4.90 Å². The lowest BCUT2D eigenvalue weighted by atomic mass is 10.2. The highest BCUT2D eigenvalue weighted by molar-refractivity contribution is 8.18. The zero-order valence-electron chi connectivity index (χ0n) is 7.88. The van der Waals surface area contributed by atoms with Crippen LogP contribution in [-0.4, -0.2) is 40.1 Å². The highest BCUT2D eigenvalue weighted by Gasteiger charge is 2.42. The van der Waals surface area contributed by atoms with Crippen LogP contribution in [-0.2, 0) is 0 Å². The van der Waals surface area contributed by atoms with Crippen LogP contribution in [0.15, 0.2) is 0 Å². The number of hydrogen-bond acceptors (Lipinski definition) is 3. The van der Waals surface area contributed by atoms with Gasteiger partial charge < -0.3 is 4.90 Å². The van der Waals surface area contributed by atoms with E-state index in [1.807, 2.05) is 0 Å². The molecule has 0 saturated carbocycles. The predicted molar refractivity (Wildman–Crippen MR) is 59.0 cm³/mol. The maximum absolute atomic E-state index is 2.51. The van der Waals surface area contributed by atoms with Gasteiger partial charge >= 0.3 is 0 Å². The third-order valence-electron chi connectivity index (χ3n) is 2.87. The molecule has 0 aliphatic carbocycles. The SMILES string of the molecule is CC1CC2(CN1C)SCCCS2. The molecule has 0 bridgehead atoms. The van der Waals surface area contributed by atoms with E-state index in [0.717, 1.165) is 6.04 Å². The third kappa shape index (κ3) is 1.64. The monoisotopic (exact) mass is 203 g/mol. The molecule has 0 radical (unpaired) electrons. The van der Waals surface area contributed by atoms with Crippen LogP contribution in [0.5, 0.6) is 0 Å². The van der Waals surface area contributed by atoms with Gasteiger partial charge in [-0.05, 0) is 38.3 Å². The van der Waals surface area contributed by atoms with Gasteiger partial charge in [0.05, 0.1) is 4.08 Å². The summed E-state index contributed by atoms with van der Waals surface area (Å²) in [5.74, 6) is 2.76. The summed E-state index contributed by atoms with van der Waals surface area (Å²) in [5, 5.41) is 0. The molecule has 2 aliphatic rings. The summed E-state index contributed by atoms with van der Waals surface area (Å²) in [6.45, 7) is 3.65. The van der Waals surface area contributed by atoms with Crippen LogP contribution in [0.3, 0.4) is 0 Å². The Bertz CT molecular complexity index is 154. The van der Waals surface area contributed by atoms with Crippen LogP contribution in [0.2, 0.25) is 0 Å². The minimum Gasteiger partial charge on any atom is -0.301 e. The Morgan fingerprint density at radius 3 is 2.50 bits per heavy atom. The van der Waals surface area contributed by atoms with Crippen molar-refractivity contribution in [2.45, 2.75) is 29.9 Å². The van der Waals surface area contributed by atoms with Crippen molar-refractivity contribution in [1.29, 1.82) is 0 Å². The van der Waals surface area contributed by atoms with Crippen LogP contribution < -0.4 is 0 Å². The smallest absolute Gasteiger partial charge is 0.0752 e. The van der Waals surface area contributed by atoms with E-state index in [1.165, 1.54) is 30.9 Å². The first-order valence-electron chi connectivity index (χ1n) is 4.70. The lowest BCUT2D eigenvalue weighted by Crippen LogP contribution is -2.28. The van der Waals surface area contributed by atoms with E-state index in [4.69, 9.17) is 0 Å². The van der Waals surface area contributed by atoms with Crippen LogP contribution in [0.1, 0.15) is 19.8 Å². The van der Waals surface area contributed by atoms with E-state index in [2.05, 4.69) is 42.4 Å². The standard InChI is InChI=1S/C9H17NS2/c1-8-6-9(7-10(8)2)11-4-3-5-12-9/h8H,3-7H2,1-2H3. The van der Waals surface area contributed by atoms with E-state index in [0.29, 0.717) is 4.08 Å². The average Bonchev–Trinajstić information content (AvgIpc) is 2.29. The van der Waals surface area contributed by atoms with Crippen LogP contribution in [0, 0.1) is 0 Å². The van der Waals surface area contributed by atoms with Gasteiger partial charge in [0.1, 0.15) is 0 Å². The van der Waals surface area contributed by atoms with Crippen molar-refractivity contribution < 1.29 is 0 Å². The van der Waals surface area contributed by atoms with E-state index in [1.54, 1.807) is 0 Å². The fourth-order valence-corrected chi connectivity index (χ4v) is 5.68. The van der Waals surface area contributed by atoms with Gasteiger partial charge in [-0.2, -0.15) is 0 Å². The Hall–Kier alpha value is 0.660. The topological polar surface area (TPSA) is 3.24 Å². The summed E-state index contributed by atoms with van der Waals surface area (Å²) in [6.07, 6.45) is 2.80. The van der Waals surface area contributed by atoms with Gasteiger partial charge in [0.2, 0.25) is 0 Å². The summed E-state index contributed by atoms with van der Waals surface area (Å²) in [6, 6.07) is 0.795. The molecule has 2 fully saturated rings. The first-order chi connectivity index (χ1) is 5.72. The Morgan fingerprint density at radius 2 is 2.00 bits per heavy atom. The van der Waals surface area contributed by atoms with E-state index in [-0.39, 0.29) is 0 Å². The lowest BCUT2D eigenvalue weighted by Gasteiger charge is -2.31. The molecule has 0 N–H and O–H groups in total. The number of likely N-dealkylation sites (tertiary alicyclic amines) is 1. The first kappa shape index (κ1) is 9.22. The zero-order valence-corrected chi connectivity index (χ0v) is 9.51.